The van der Waals surface area contributed by atoms with Crippen molar-refractivity contribution in [3.63, 3.8) is 0 Å². The Hall–Kier alpha value is -2.63. The van der Waals surface area contributed by atoms with Gasteiger partial charge in [-0.05, 0) is 83.5 Å². The Labute approximate surface area is 422 Å². The quantitative estimate of drug-likeness (QED) is 0.0262. The molecular weight excluding hydrogens is 841 g/mol. The maximum atomic E-state index is 12.9. The van der Waals surface area contributed by atoms with Crippen molar-refractivity contribution in [2.45, 2.75) is 316 Å². The topological polar surface area (TPSA) is 78.9 Å². The minimum atomic E-state index is -0.785. The van der Waals surface area contributed by atoms with E-state index < -0.39 is 6.10 Å². The molecule has 68 heavy (non-hydrogen) atoms. The number of carbonyl (C=O) groups excluding carboxylic acids is 3. The summed E-state index contributed by atoms with van der Waals surface area (Å²) in [4.78, 5) is 38.2. The zero-order valence-corrected chi connectivity index (χ0v) is 45.4. The second-order valence-corrected chi connectivity index (χ2v) is 19.9. The van der Waals surface area contributed by atoms with E-state index in [-0.39, 0.29) is 31.1 Å². The number of allylic oxidation sites excluding steroid dienone is 8. The molecule has 0 aromatic rings. The maximum Gasteiger partial charge on any atom is 0.306 e. The molecule has 0 aromatic heterocycles. The largest absolute Gasteiger partial charge is 0.462 e. The van der Waals surface area contributed by atoms with Crippen LogP contribution < -0.4 is 0 Å². The van der Waals surface area contributed by atoms with Crippen LogP contribution in [0.3, 0.4) is 0 Å². The molecule has 0 N–H and O–H groups in total. The molecule has 0 aliphatic carbocycles. The van der Waals surface area contributed by atoms with Crippen LogP contribution in [-0.4, -0.2) is 37.2 Å². The van der Waals surface area contributed by atoms with Gasteiger partial charge in [0.1, 0.15) is 13.2 Å². The van der Waals surface area contributed by atoms with Crippen molar-refractivity contribution < 1.29 is 28.6 Å². The average Bonchev–Trinajstić information content (AvgIpc) is 3.34. The van der Waals surface area contributed by atoms with Crippen molar-refractivity contribution in [2.75, 3.05) is 13.2 Å². The summed E-state index contributed by atoms with van der Waals surface area (Å²) in [6.07, 6.45) is 69.5. The van der Waals surface area contributed by atoms with E-state index in [0.717, 1.165) is 83.5 Å². The summed E-state index contributed by atoms with van der Waals surface area (Å²) in [6, 6.07) is 0. The lowest BCUT2D eigenvalue weighted by molar-refractivity contribution is -0.167. The van der Waals surface area contributed by atoms with Gasteiger partial charge in [0.2, 0.25) is 0 Å². The van der Waals surface area contributed by atoms with Gasteiger partial charge >= 0.3 is 17.9 Å². The van der Waals surface area contributed by atoms with Crippen LogP contribution in [0.5, 0.6) is 0 Å². The fraction of sp³-hybridized carbons (Fsp3) is 0.823. The molecule has 0 rings (SSSR count). The van der Waals surface area contributed by atoms with Crippen molar-refractivity contribution in [1.29, 1.82) is 0 Å². The first-order valence-electron chi connectivity index (χ1n) is 29.6. The molecule has 0 amide bonds. The highest BCUT2D eigenvalue weighted by Crippen LogP contribution is 2.16. The normalized spacial score (nSPS) is 12.3. The van der Waals surface area contributed by atoms with Crippen LogP contribution in [-0.2, 0) is 28.6 Å². The zero-order valence-electron chi connectivity index (χ0n) is 45.4. The van der Waals surface area contributed by atoms with E-state index in [1.54, 1.807) is 0 Å². The first kappa shape index (κ1) is 65.4. The number of rotatable bonds is 54. The summed E-state index contributed by atoms with van der Waals surface area (Å²) >= 11 is 0. The lowest BCUT2D eigenvalue weighted by Gasteiger charge is -2.18. The molecule has 0 radical (unpaired) electrons. The number of esters is 3. The lowest BCUT2D eigenvalue weighted by atomic mass is 10.0. The van der Waals surface area contributed by atoms with E-state index >= 15 is 0 Å². The van der Waals surface area contributed by atoms with Gasteiger partial charge in [-0.15, -0.1) is 0 Å². The molecule has 0 bridgehead atoms. The average molecular weight is 954 g/mol. The summed E-state index contributed by atoms with van der Waals surface area (Å²) in [7, 11) is 0. The van der Waals surface area contributed by atoms with Crippen molar-refractivity contribution in [3.8, 4) is 0 Å². The van der Waals surface area contributed by atoms with Crippen LogP contribution in [0.4, 0.5) is 0 Å². The van der Waals surface area contributed by atoms with Crippen LogP contribution in [0, 0.1) is 0 Å². The molecule has 6 nitrogen and oxygen atoms in total. The summed E-state index contributed by atoms with van der Waals surface area (Å²) in [5.74, 6) is -0.891. The third kappa shape index (κ3) is 54.3. The van der Waals surface area contributed by atoms with Crippen molar-refractivity contribution in [2.24, 2.45) is 0 Å². The third-order valence-electron chi connectivity index (χ3n) is 13.1. The van der Waals surface area contributed by atoms with E-state index in [4.69, 9.17) is 14.2 Å². The molecule has 0 aliphatic rings. The van der Waals surface area contributed by atoms with Crippen LogP contribution in [0.2, 0.25) is 0 Å². The fourth-order valence-electron chi connectivity index (χ4n) is 8.56. The third-order valence-corrected chi connectivity index (χ3v) is 13.1. The molecule has 0 fully saturated rings. The Kier molecular flexibility index (Phi) is 54.8. The molecule has 0 unspecified atom stereocenters. The van der Waals surface area contributed by atoms with Crippen LogP contribution in [0.1, 0.15) is 310 Å². The molecule has 0 spiro atoms. The van der Waals surface area contributed by atoms with Gasteiger partial charge in [-0.25, -0.2) is 0 Å². The molecule has 6 heteroatoms. The van der Waals surface area contributed by atoms with Crippen molar-refractivity contribution in [3.05, 3.63) is 48.6 Å². The smallest absolute Gasteiger partial charge is 0.306 e. The molecule has 0 saturated heterocycles. The molecular formula is C62H112O6. The monoisotopic (exact) mass is 953 g/mol. The summed E-state index contributed by atoms with van der Waals surface area (Å²) in [5, 5.41) is 0. The summed E-state index contributed by atoms with van der Waals surface area (Å²) in [6.45, 7) is 6.62. The first-order valence-corrected chi connectivity index (χ1v) is 29.6. The van der Waals surface area contributed by atoms with E-state index in [1.165, 1.54) is 186 Å². The molecule has 0 aromatic carbocycles. The van der Waals surface area contributed by atoms with E-state index in [0.29, 0.717) is 19.3 Å². The second kappa shape index (κ2) is 57.0. The summed E-state index contributed by atoms with van der Waals surface area (Å²) < 4.78 is 16.9. The Morgan fingerprint density at radius 2 is 0.529 bits per heavy atom. The number of unbranched alkanes of at least 4 members (excludes halogenated alkanes) is 35. The molecule has 0 heterocycles. The highest BCUT2D eigenvalue weighted by atomic mass is 16.6. The summed E-state index contributed by atoms with van der Waals surface area (Å²) in [5.41, 5.74) is 0. The van der Waals surface area contributed by atoms with Gasteiger partial charge in [0, 0.05) is 19.3 Å². The predicted octanol–water partition coefficient (Wildman–Crippen LogP) is 19.8. The number of carbonyl (C=O) groups is 3. The van der Waals surface area contributed by atoms with E-state index in [2.05, 4.69) is 69.4 Å². The van der Waals surface area contributed by atoms with E-state index in [1.807, 2.05) is 0 Å². The van der Waals surface area contributed by atoms with Crippen LogP contribution in [0.15, 0.2) is 48.6 Å². The van der Waals surface area contributed by atoms with Gasteiger partial charge in [-0.1, -0.05) is 256 Å². The lowest BCUT2D eigenvalue weighted by Crippen LogP contribution is -2.30. The zero-order chi connectivity index (χ0) is 49.3. The maximum absolute atomic E-state index is 12.9. The second-order valence-electron chi connectivity index (χ2n) is 19.9. The van der Waals surface area contributed by atoms with Gasteiger partial charge in [0.15, 0.2) is 6.10 Å². The van der Waals surface area contributed by atoms with Gasteiger partial charge in [-0.2, -0.15) is 0 Å². The van der Waals surface area contributed by atoms with Crippen molar-refractivity contribution >= 4 is 17.9 Å². The Morgan fingerprint density at radius 1 is 0.294 bits per heavy atom. The molecule has 0 saturated carbocycles. The number of ether oxygens (including phenoxy) is 3. The van der Waals surface area contributed by atoms with Crippen molar-refractivity contribution in [1.82, 2.24) is 0 Å². The fourth-order valence-corrected chi connectivity index (χ4v) is 8.56. The SMILES string of the molecule is CCCCC/C=C/C/C=C/C/C=C/CCCCCCC(=O)O[C@H](COC(=O)CCCCCCCCC/C=C/CCCCCC)COC(=O)CCCCCCCCCCCCCCCCCCCC. The van der Waals surface area contributed by atoms with Crippen LogP contribution in [0.25, 0.3) is 0 Å². The minimum absolute atomic E-state index is 0.0804. The standard InChI is InChI=1S/C62H112O6/c1-4-7-10-13-16-19-22-25-28-30-32-34-37-40-43-46-49-52-55-61(64)67-58-59(57-66-60(63)54-51-48-45-42-39-36-33-27-24-21-18-15-12-9-6-3)68-62(65)56-53-50-47-44-41-38-35-31-29-26-23-20-17-14-11-8-5-2/h17,20-21,24,26,29,35,38,59H,4-16,18-19,22-23,25,27-28,30-34,36-37,39-58H2,1-3H3/b20-17+,24-21+,29-26+,38-35+/t59-/m1/s1. The predicted molar refractivity (Wildman–Crippen MR) is 293 cm³/mol. The Balaban J connectivity index is 4.38. The minimum Gasteiger partial charge on any atom is -0.462 e. The highest BCUT2D eigenvalue weighted by Gasteiger charge is 2.19. The van der Waals surface area contributed by atoms with Gasteiger partial charge in [0.25, 0.3) is 0 Å². The molecule has 0 aliphatic heterocycles. The first-order chi connectivity index (χ1) is 33.5. The van der Waals surface area contributed by atoms with E-state index in [9.17, 15) is 14.4 Å². The number of hydrogen-bond acceptors (Lipinski definition) is 6. The molecule has 396 valence electrons. The Bertz CT molecular complexity index is 1190. The van der Waals surface area contributed by atoms with Gasteiger partial charge < -0.3 is 14.2 Å². The van der Waals surface area contributed by atoms with Gasteiger partial charge in [-0.3, -0.25) is 14.4 Å². The van der Waals surface area contributed by atoms with Crippen LogP contribution >= 0.6 is 0 Å². The van der Waals surface area contributed by atoms with Gasteiger partial charge in [0.05, 0.1) is 0 Å². The Morgan fingerprint density at radius 3 is 0.882 bits per heavy atom. The molecule has 1 atom stereocenters. The highest BCUT2D eigenvalue weighted by molar-refractivity contribution is 5.71. The number of hydrogen-bond donors (Lipinski definition) is 0.